The van der Waals surface area contributed by atoms with Crippen LogP contribution in [0.1, 0.15) is 37.0 Å². The van der Waals surface area contributed by atoms with E-state index in [0.29, 0.717) is 11.4 Å². The van der Waals surface area contributed by atoms with Crippen molar-refractivity contribution in [3.8, 4) is 5.75 Å². The molecule has 2 rings (SSSR count). The Morgan fingerprint density at radius 1 is 1.04 bits per heavy atom. The number of amides is 1. The molecule has 0 bridgehead atoms. The van der Waals surface area contributed by atoms with Crippen molar-refractivity contribution in [1.29, 1.82) is 0 Å². The first-order valence-electron chi connectivity index (χ1n) is 7.80. The highest BCUT2D eigenvalue weighted by molar-refractivity contribution is 6.00. The third kappa shape index (κ3) is 4.91. The van der Waals surface area contributed by atoms with Crippen molar-refractivity contribution in [2.24, 2.45) is 0 Å². The average molecular weight is 329 g/mol. The molecule has 0 saturated carbocycles. The van der Waals surface area contributed by atoms with Gasteiger partial charge in [0.05, 0.1) is 17.4 Å². The Labute approximate surface area is 140 Å². The molecule has 0 radical (unpaired) electrons. The number of benzene rings is 2. The van der Waals surface area contributed by atoms with E-state index in [1.54, 1.807) is 24.3 Å². The van der Waals surface area contributed by atoms with Gasteiger partial charge in [-0.15, -0.1) is 0 Å². The minimum Gasteiger partial charge on any atom is -0.489 e. The summed E-state index contributed by atoms with van der Waals surface area (Å²) in [6.45, 7) is 3.79. The molecule has 4 nitrogen and oxygen atoms in total. The molecule has 2 aromatic rings. The summed E-state index contributed by atoms with van der Waals surface area (Å²) in [4.78, 5) is 24.0. The van der Waals surface area contributed by atoms with Crippen LogP contribution in [0, 0.1) is 5.82 Å². The van der Waals surface area contributed by atoms with Crippen molar-refractivity contribution in [1.82, 2.24) is 0 Å². The number of ketones is 1. The number of anilines is 1. The van der Waals surface area contributed by atoms with Crippen LogP contribution in [-0.2, 0) is 4.79 Å². The molecule has 0 saturated heterocycles. The summed E-state index contributed by atoms with van der Waals surface area (Å²) in [5.74, 6) is -0.714. The summed E-state index contributed by atoms with van der Waals surface area (Å²) >= 11 is 0. The molecule has 0 spiro atoms. The van der Waals surface area contributed by atoms with Gasteiger partial charge in [-0.2, -0.15) is 0 Å². The molecule has 0 aliphatic heterocycles. The van der Waals surface area contributed by atoms with Gasteiger partial charge in [-0.1, -0.05) is 24.3 Å². The van der Waals surface area contributed by atoms with Crippen LogP contribution in [0.3, 0.4) is 0 Å². The Balaban J connectivity index is 1.95. The number of nitrogens with one attached hydrogen (secondary N) is 1. The summed E-state index contributed by atoms with van der Waals surface area (Å²) in [6.07, 6.45) is -0.103. The van der Waals surface area contributed by atoms with Crippen LogP contribution in [0.5, 0.6) is 5.75 Å². The SMILES string of the molecule is CC(C)Oc1ccccc1NC(=O)CCC(=O)c1ccccc1F. The quantitative estimate of drug-likeness (QED) is 0.774. The highest BCUT2D eigenvalue weighted by Gasteiger charge is 2.14. The van der Waals surface area contributed by atoms with E-state index < -0.39 is 11.6 Å². The van der Waals surface area contributed by atoms with Gasteiger partial charge < -0.3 is 10.1 Å². The third-order valence-corrected chi connectivity index (χ3v) is 3.28. The summed E-state index contributed by atoms with van der Waals surface area (Å²) in [6, 6.07) is 12.9. The number of Topliss-reactive ketones (excluding diaryl/α,β-unsaturated/α-hetero) is 1. The molecule has 2 aromatic carbocycles. The Kier molecular flexibility index (Phi) is 6.07. The van der Waals surface area contributed by atoms with Crippen molar-refractivity contribution in [3.05, 3.63) is 59.9 Å². The monoisotopic (exact) mass is 329 g/mol. The second kappa shape index (κ2) is 8.24. The van der Waals surface area contributed by atoms with Gasteiger partial charge >= 0.3 is 0 Å². The van der Waals surface area contributed by atoms with Crippen LogP contribution in [-0.4, -0.2) is 17.8 Å². The second-order valence-corrected chi connectivity index (χ2v) is 5.61. The molecular formula is C19H20FNO3. The predicted molar refractivity (Wildman–Crippen MR) is 90.8 cm³/mol. The fourth-order valence-corrected chi connectivity index (χ4v) is 2.19. The van der Waals surface area contributed by atoms with Crippen LogP contribution < -0.4 is 10.1 Å². The number of halogens is 1. The maximum absolute atomic E-state index is 13.5. The molecule has 0 heterocycles. The molecule has 0 aliphatic carbocycles. The maximum Gasteiger partial charge on any atom is 0.224 e. The topological polar surface area (TPSA) is 55.4 Å². The van der Waals surface area contributed by atoms with Crippen LogP contribution in [0.15, 0.2) is 48.5 Å². The van der Waals surface area contributed by atoms with Gasteiger partial charge in [0, 0.05) is 12.8 Å². The number of ether oxygens (including phenoxy) is 1. The third-order valence-electron chi connectivity index (χ3n) is 3.28. The first-order chi connectivity index (χ1) is 11.5. The van der Waals surface area contributed by atoms with Crippen LogP contribution in [0.2, 0.25) is 0 Å². The molecule has 126 valence electrons. The van der Waals surface area contributed by atoms with Crippen LogP contribution in [0.25, 0.3) is 0 Å². The first-order valence-corrected chi connectivity index (χ1v) is 7.80. The molecule has 1 N–H and O–H groups in total. The van der Waals surface area contributed by atoms with Gasteiger partial charge in [0.25, 0.3) is 0 Å². The van der Waals surface area contributed by atoms with Gasteiger partial charge in [0.1, 0.15) is 11.6 Å². The van der Waals surface area contributed by atoms with Crippen LogP contribution >= 0.6 is 0 Å². The Bertz CT molecular complexity index is 728. The minimum absolute atomic E-state index is 0.00819. The fraction of sp³-hybridized carbons (Fsp3) is 0.263. The fourth-order valence-electron chi connectivity index (χ4n) is 2.19. The lowest BCUT2D eigenvalue weighted by molar-refractivity contribution is -0.116. The summed E-state index contributed by atoms with van der Waals surface area (Å²) in [7, 11) is 0. The number of carbonyl (C=O) groups excluding carboxylic acids is 2. The molecule has 1 amide bonds. The summed E-state index contributed by atoms with van der Waals surface area (Å²) < 4.78 is 19.2. The highest BCUT2D eigenvalue weighted by Crippen LogP contribution is 2.25. The molecule has 0 aliphatic rings. The molecule has 24 heavy (non-hydrogen) atoms. The van der Waals surface area contributed by atoms with E-state index >= 15 is 0 Å². The van der Waals surface area contributed by atoms with Gasteiger partial charge in [-0.05, 0) is 38.1 Å². The van der Waals surface area contributed by atoms with Crippen LogP contribution in [0.4, 0.5) is 10.1 Å². The van der Waals surface area contributed by atoms with Crippen molar-refractivity contribution < 1.29 is 18.7 Å². The average Bonchev–Trinajstić information content (AvgIpc) is 2.54. The van der Waals surface area contributed by atoms with E-state index in [2.05, 4.69) is 5.32 Å². The Hall–Kier alpha value is -2.69. The van der Waals surface area contributed by atoms with E-state index in [9.17, 15) is 14.0 Å². The van der Waals surface area contributed by atoms with Crippen molar-refractivity contribution in [3.63, 3.8) is 0 Å². The van der Waals surface area contributed by atoms with E-state index in [-0.39, 0.29) is 30.4 Å². The largest absolute Gasteiger partial charge is 0.489 e. The molecular weight excluding hydrogens is 309 g/mol. The summed E-state index contributed by atoms with van der Waals surface area (Å²) in [5, 5.41) is 2.73. The number of hydrogen-bond donors (Lipinski definition) is 1. The van der Waals surface area contributed by atoms with Gasteiger partial charge in [0.2, 0.25) is 5.91 Å². The smallest absolute Gasteiger partial charge is 0.224 e. The lowest BCUT2D eigenvalue weighted by Crippen LogP contribution is -2.15. The van der Waals surface area contributed by atoms with E-state index in [0.717, 1.165) is 0 Å². The molecule has 0 fully saturated rings. The van der Waals surface area contributed by atoms with Crippen molar-refractivity contribution in [2.45, 2.75) is 32.8 Å². The molecule has 0 aromatic heterocycles. The van der Waals surface area contributed by atoms with Gasteiger partial charge in [0.15, 0.2) is 5.78 Å². The van der Waals surface area contributed by atoms with E-state index in [1.165, 1.54) is 18.2 Å². The van der Waals surface area contributed by atoms with E-state index in [4.69, 9.17) is 4.74 Å². The normalized spacial score (nSPS) is 10.5. The maximum atomic E-state index is 13.5. The lowest BCUT2D eigenvalue weighted by atomic mass is 10.1. The Morgan fingerprint density at radius 2 is 1.71 bits per heavy atom. The zero-order valence-corrected chi connectivity index (χ0v) is 13.7. The first kappa shape index (κ1) is 17.7. The lowest BCUT2D eigenvalue weighted by Gasteiger charge is -2.14. The Morgan fingerprint density at radius 3 is 2.42 bits per heavy atom. The zero-order valence-electron chi connectivity index (χ0n) is 13.7. The number of carbonyl (C=O) groups is 2. The molecule has 0 atom stereocenters. The van der Waals surface area contributed by atoms with Crippen molar-refractivity contribution >= 4 is 17.4 Å². The highest BCUT2D eigenvalue weighted by atomic mass is 19.1. The number of para-hydroxylation sites is 2. The number of rotatable bonds is 7. The minimum atomic E-state index is -0.571. The van der Waals surface area contributed by atoms with E-state index in [1.807, 2.05) is 19.9 Å². The molecule has 5 heteroatoms. The molecule has 0 unspecified atom stereocenters. The second-order valence-electron chi connectivity index (χ2n) is 5.61. The summed E-state index contributed by atoms with van der Waals surface area (Å²) in [5.41, 5.74) is 0.559. The van der Waals surface area contributed by atoms with Crippen molar-refractivity contribution in [2.75, 3.05) is 5.32 Å². The predicted octanol–water partition coefficient (Wildman–Crippen LogP) is 4.21. The van der Waals surface area contributed by atoms with Gasteiger partial charge in [-0.3, -0.25) is 9.59 Å². The number of hydrogen-bond acceptors (Lipinski definition) is 3. The zero-order chi connectivity index (χ0) is 17.5. The standard InChI is InChI=1S/C19H20FNO3/c1-13(2)24-18-10-6-5-9-16(18)21-19(23)12-11-17(22)14-7-3-4-8-15(14)20/h3-10,13H,11-12H2,1-2H3,(H,21,23). The van der Waals surface area contributed by atoms with Gasteiger partial charge in [-0.25, -0.2) is 4.39 Å².